The third-order valence-corrected chi connectivity index (χ3v) is 5.54. The molecule has 3 aromatic heterocycles. The third-order valence-electron chi connectivity index (χ3n) is 3.79. The number of benzene rings is 1. The van der Waals surface area contributed by atoms with Gasteiger partial charge >= 0.3 is 0 Å². The highest BCUT2D eigenvalue weighted by atomic mass is 32.1. The molecule has 4 aromatic rings. The van der Waals surface area contributed by atoms with Crippen LogP contribution >= 0.6 is 22.7 Å². The summed E-state index contributed by atoms with van der Waals surface area (Å²) in [6.07, 6.45) is 0. The first-order valence-electron chi connectivity index (χ1n) is 7.88. The molecule has 4 nitrogen and oxygen atoms in total. The molecular weight excluding hydrogens is 352 g/mol. The fourth-order valence-corrected chi connectivity index (χ4v) is 3.82. The average molecular weight is 368 g/mol. The first-order chi connectivity index (χ1) is 12.3. The van der Waals surface area contributed by atoms with Crippen LogP contribution in [0.5, 0.6) is 0 Å². The van der Waals surface area contributed by atoms with Gasteiger partial charge in [-0.25, -0.2) is 0 Å². The molecule has 1 aromatic carbocycles. The van der Waals surface area contributed by atoms with Crippen molar-refractivity contribution in [1.82, 2.24) is 5.32 Å². The Hall–Kier alpha value is -2.57. The maximum Gasteiger partial charge on any atom is 0.287 e. The monoisotopic (exact) mass is 368 g/mol. The van der Waals surface area contributed by atoms with Crippen LogP contribution in [0.4, 0.5) is 5.69 Å². The summed E-state index contributed by atoms with van der Waals surface area (Å²) in [6, 6.07) is 15.8. The van der Waals surface area contributed by atoms with Crippen LogP contribution in [0.2, 0.25) is 0 Å². The van der Waals surface area contributed by atoms with Gasteiger partial charge in [0.05, 0.1) is 6.54 Å². The number of rotatable bonds is 6. The van der Waals surface area contributed by atoms with Gasteiger partial charge in [-0.2, -0.15) is 0 Å². The van der Waals surface area contributed by atoms with E-state index in [1.54, 1.807) is 28.7 Å². The Morgan fingerprint density at radius 2 is 1.72 bits per heavy atom. The van der Waals surface area contributed by atoms with Gasteiger partial charge in [0.25, 0.3) is 5.91 Å². The molecule has 126 valence electrons. The number of amides is 1. The standard InChI is InChI=1S/C19H16N2O2S2/c22-19(21-12-16-4-2-8-25-16)18-10-13-9-14(5-6-17(13)23-18)20-11-15-3-1-7-24-15/h1-10,20H,11-12H2,(H,21,22). The molecule has 0 saturated carbocycles. The summed E-state index contributed by atoms with van der Waals surface area (Å²) in [6.45, 7) is 1.30. The van der Waals surface area contributed by atoms with Gasteiger partial charge in [-0.05, 0) is 47.2 Å². The fraction of sp³-hybridized carbons (Fsp3) is 0.105. The summed E-state index contributed by atoms with van der Waals surface area (Å²) in [5.41, 5.74) is 1.72. The summed E-state index contributed by atoms with van der Waals surface area (Å²) in [4.78, 5) is 14.7. The Morgan fingerprint density at radius 1 is 0.960 bits per heavy atom. The van der Waals surface area contributed by atoms with E-state index < -0.39 is 0 Å². The van der Waals surface area contributed by atoms with Gasteiger partial charge in [0, 0.05) is 27.4 Å². The minimum Gasteiger partial charge on any atom is -0.451 e. The highest BCUT2D eigenvalue weighted by Crippen LogP contribution is 2.24. The molecule has 0 radical (unpaired) electrons. The summed E-state index contributed by atoms with van der Waals surface area (Å²) in [5.74, 6) is 0.139. The first kappa shape index (κ1) is 15.9. The predicted octanol–water partition coefficient (Wildman–Crippen LogP) is 5.10. The van der Waals surface area contributed by atoms with Gasteiger partial charge in [0.2, 0.25) is 0 Å². The van der Waals surface area contributed by atoms with Gasteiger partial charge in [0.1, 0.15) is 5.58 Å². The lowest BCUT2D eigenvalue weighted by Gasteiger charge is -2.04. The molecule has 0 aliphatic rings. The van der Waals surface area contributed by atoms with E-state index in [1.165, 1.54) is 4.88 Å². The number of furan rings is 1. The Balaban J connectivity index is 1.45. The van der Waals surface area contributed by atoms with E-state index in [1.807, 2.05) is 41.8 Å². The topological polar surface area (TPSA) is 54.3 Å². The number of fused-ring (bicyclic) bond motifs is 1. The molecule has 0 saturated heterocycles. The van der Waals surface area contributed by atoms with Gasteiger partial charge < -0.3 is 15.1 Å². The number of anilines is 1. The highest BCUT2D eigenvalue weighted by molar-refractivity contribution is 7.10. The second-order valence-corrected chi connectivity index (χ2v) is 7.62. The zero-order valence-corrected chi connectivity index (χ0v) is 15.0. The van der Waals surface area contributed by atoms with E-state index in [0.29, 0.717) is 17.9 Å². The number of thiophene rings is 2. The van der Waals surface area contributed by atoms with Crippen molar-refractivity contribution in [1.29, 1.82) is 0 Å². The fourth-order valence-electron chi connectivity index (χ4n) is 2.54. The van der Waals surface area contributed by atoms with Crippen LogP contribution in [0.1, 0.15) is 20.3 Å². The van der Waals surface area contributed by atoms with Gasteiger partial charge in [-0.3, -0.25) is 4.79 Å². The SMILES string of the molecule is O=C(NCc1cccs1)c1cc2cc(NCc3cccs3)ccc2o1. The molecule has 4 rings (SSSR count). The largest absolute Gasteiger partial charge is 0.451 e. The number of nitrogens with one attached hydrogen (secondary N) is 2. The van der Waals surface area contributed by atoms with E-state index in [-0.39, 0.29) is 5.91 Å². The molecule has 0 spiro atoms. The lowest BCUT2D eigenvalue weighted by molar-refractivity contribution is 0.0925. The Labute approximate surface area is 153 Å². The molecular formula is C19H16N2O2S2. The summed E-state index contributed by atoms with van der Waals surface area (Å²) >= 11 is 3.34. The van der Waals surface area contributed by atoms with Crippen molar-refractivity contribution in [3.05, 3.63) is 74.8 Å². The molecule has 0 aliphatic carbocycles. The molecule has 2 N–H and O–H groups in total. The molecule has 0 fully saturated rings. The van der Waals surface area contributed by atoms with Crippen molar-refractivity contribution in [2.45, 2.75) is 13.1 Å². The number of carbonyl (C=O) groups excluding carboxylic acids is 1. The van der Waals surface area contributed by atoms with Crippen LogP contribution in [-0.2, 0) is 13.1 Å². The molecule has 25 heavy (non-hydrogen) atoms. The van der Waals surface area contributed by atoms with Gasteiger partial charge in [-0.15, -0.1) is 22.7 Å². The van der Waals surface area contributed by atoms with Crippen molar-refractivity contribution < 1.29 is 9.21 Å². The van der Waals surface area contributed by atoms with Crippen LogP contribution in [-0.4, -0.2) is 5.91 Å². The number of hydrogen-bond donors (Lipinski definition) is 2. The summed E-state index contributed by atoms with van der Waals surface area (Å²) < 4.78 is 5.67. The van der Waals surface area contributed by atoms with Gasteiger partial charge in [0.15, 0.2) is 5.76 Å². The molecule has 1 amide bonds. The first-order valence-corrected chi connectivity index (χ1v) is 9.64. The molecule has 0 bridgehead atoms. The Morgan fingerprint density at radius 3 is 2.44 bits per heavy atom. The number of carbonyl (C=O) groups is 1. The van der Waals surface area contributed by atoms with E-state index in [4.69, 9.17) is 4.42 Å². The van der Waals surface area contributed by atoms with Crippen molar-refractivity contribution in [2.75, 3.05) is 5.32 Å². The van der Waals surface area contributed by atoms with E-state index in [9.17, 15) is 4.79 Å². The Kier molecular flexibility index (Phi) is 4.54. The van der Waals surface area contributed by atoms with Crippen molar-refractivity contribution >= 4 is 45.2 Å². The van der Waals surface area contributed by atoms with Crippen LogP contribution in [0.3, 0.4) is 0 Å². The van der Waals surface area contributed by atoms with Crippen LogP contribution in [0.25, 0.3) is 11.0 Å². The van der Waals surface area contributed by atoms with Crippen molar-refractivity contribution in [2.24, 2.45) is 0 Å². The Bertz CT molecular complexity index is 972. The number of hydrogen-bond acceptors (Lipinski definition) is 5. The zero-order chi connectivity index (χ0) is 17.1. The molecule has 6 heteroatoms. The molecule has 0 aliphatic heterocycles. The van der Waals surface area contributed by atoms with Crippen LogP contribution in [0.15, 0.2) is 63.7 Å². The minimum atomic E-state index is -0.197. The lowest BCUT2D eigenvalue weighted by atomic mass is 10.2. The molecule has 0 atom stereocenters. The maximum absolute atomic E-state index is 12.3. The van der Waals surface area contributed by atoms with Crippen LogP contribution in [0, 0.1) is 0 Å². The van der Waals surface area contributed by atoms with Crippen molar-refractivity contribution in [3.63, 3.8) is 0 Å². The van der Waals surface area contributed by atoms with Crippen LogP contribution < -0.4 is 10.6 Å². The smallest absolute Gasteiger partial charge is 0.287 e. The van der Waals surface area contributed by atoms with E-state index in [0.717, 1.165) is 22.5 Å². The summed E-state index contributed by atoms with van der Waals surface area (Å²) in [7, 11) is 0. The lowest BCUT2D eigenvalue weighted by Crippen LogP contribution is -2.21. The molecule has 3 heterocycles. The highest BCUT2D eigenvalue weighted by Gasteiger charge is 2.12. The minimum absolute atomic E-state index is 0.197. The maximum atomic E-state index is 12.3. The van der Waals surface area contributed by atoms with Crippen molar-refractivity contribution in [3.8, 4) is 0 Å². The quantitative estimate of drug-likeness (QED) is 0.498. The molecule has 0 unspecified atom stereocenters. The third kappa shape index (κ3) is 3.75. The predicted molar refractivity (Wildman–Crippen MR) is 103 cm³/mol. The summed E-state index contributed by atoms with van der Waals surface area (Å²) in [5, 5.41) is 11.2. The second-order valence-electron chi connectivity index (χ2n) is 5.56. The van der Waals surface area contributed by atoms with E-state index in [2.05, 4.69) is 22.1 Å². The van der Waals surface area contributed by atoms with Gasteiger partial charge in [-0.1, -0.05) is 12.1 Å². The normalized spacial score (nSPS) is 10.9. The van der Waals surface area contributed by atoms with E-state index >= 15 is 0 Å². The zero-order valence-electron chi connectivity index (χ0n) is 13.3. The second kappa shape index (κ2) is 7.13. The average Bonchev–Trinajstić information content (AvgIpc) is 3.38.